The summed E-state index contributed by atoms with van der Waals surface area (Å²) < 4.78 is 0. The third-order valence-corrected chi connectivity index (χ3v) is 5.61. The predicted octanol–water partition coefficient (Wildman–Crippen LogP) is 3.59. The molecule has 1 N–H and O–H groups in total. The van der Waals surface area contributed by atoms with Crippen LogP contribution in [0.25, 0.3) is 0 Å². The maximum absolute atomic E-state index is 12.9. The Morgan fingerprint density at radius 1 is 1.09 bits per heavy atom. The number of likely N-dealkylation sites (tertiary alicyclic amines) is 1. The third-order valence-electron chi connectivity index (χ3n) is 5.61. The highest BCUT2D eigenvalue weighted by Gasteiger charge is 2.38. The molecule has 2 aliphatic heterocycles. The lowest BCUT2D eigenvalue weighted by atomic mass is 9.73. The first-order valence-corrected chi connectivity index (χ1v) is 9.00. The van der Waals surface area contributed by atoms with Crippen molar-refractivity contribution >= 4 is 5.91 Å². The number of nitrogens with one attached hydrogen (secondary N) is 1. The Morgan fingerprint density at radius 3 is 2.35 bits per heavy atom. The molecule has 0 saturated carbocycles. The van der Waals surface area contributed by atoms with Crippen molar-refractivity contribution in [2.24, 2.45) is 5.41 Å². The molecule has 0 aromatic heterocycles. The van der Waals surface area contributed by atoms with E-state index in [1.807, 2.05) is 12.1 Å². The van der Waals surface area contributed by atoms with Crippen LogP contribution < -0.4 is 5.32 Å². The van der Waals surface area contributed by atoms with Crippen LogP contribution in [0.4, 0.5) is 0 Å². The fourth-order valence-corrected chi connectivity index (χ4v) is 4.04. The molecule has 0 bridgehead atoms. The first-order valence-electron chi connectivity index (χ1n) is 9.00. The van der Waals surface area contributed by atoms with Gasteiger partial charge in [0.05, 0.1) is 0 Å². The summed E-state index contributed by atoms with van der Waals surface area (Å²) in [5.41, 5.74) is 2.61. The summed E-state index contributed by atoms with van der Waals surface area (Å²) in [6, 6.07) is 8.23. The molecule has 2 aliphatic rings. The highest BCUT2D eigenvalue weighted by atomic mass is 16.2. The standard InChI is InChI=1S/C20H30N2O/c1-19(2,3)17-7-5-16(6-8-17)18(23)22-14-4-9-20(15-22)10-12-21-13-11-20/h5-8,21H,4,9-15H2,1-3H3. The Balaban J connectivity index is 1.72. The van der Waals surface area contributed by atoms with Crippen molar-refractivity contribution in [2.45, 2.75) is 51.9 Å². The lowest BCUT2D eigenvalue weighted by Gasteiger charge is -2.45. The molecule has 23 heavy (non-hydrogen) atoms. The highest BCUT2D eigenvalue weighted by Crippen LogP contribution is 2.38. The monoisotopic (exact) mass is 314 g/mol. The minimum absolute atomic E-state index is 0.131. The maximum atomic E-state index is 12.9. The van der Waals surface area contributed by atoms with E-state index in [-0.39, 0.29) is 11.3 Å². The molecular weight excluding hydrogens is 284 g/mol. The fourth-order valence-electron chi connectivity index (χ4n) is 4.04. The van der Waals surface area contributed by atoms with E-state index in [1.165, 1.54) is 24.8 Å². The topological polar surface area (TPSA) is 32.3 Å². The van der Waals surface area contributed by atoms with Crippen molar-refractivity contribution in [3.63, 3.8) is 0 Å². The van der Waals surface area contributed by atoms with Gasteiger partial charge >= 0.3 is 0 Å². The molecule has 126 valence electrons. The first kappa shape index (κ1) is 16.5. The van der Waals surface area contributed by atoms with Crippen molar-refractivity contribution in [3.05, 3.63) is 35.4 Å². The normalized spacial score (nSPS) is 21.4. The zero-order valence-electron chi connectivity index (χ0n) is 14.8. The van der Waals surface area contributed by atoms with Gasteiger partial charge in [-0.2, -0.15) is 0 Å². The number of amides is 1. The average Bonchev–Trinajstić information content (AvgIpc) is 2.54. The molecule has 0 atom stereocenters. The largest absolute Gasteiger partial charge is 0.338 e. The molecule has 0 aliphatic carbocycles. The Kier molecular flexibility index (Phi) is 4.50. The van der Waals surface area contributed by atoms with Gasteiger partial charge in [-0.3, -0.25) is 4.79 Å². The van der Waals surface area contributed by atoms with E-state index in [2.05, 4.69) is 43.1 Å². The van der Waals surface area contributed by atoms with Gasteiger partial charge in [-0.25, -0.2) is 0 Å². The fraction of sp³-hybridized carbons (Fsp3) is 0.650. The van der Waals surface area contributed by atoms with Gasteiger partial charge in [-0.15, -0.1) is 0 Å². The molecule has 2 fully saturated rings. The van der Waals surface area contributed by atoms with Gasteiger partial charge < -0.3 is 10.2 Å². The number of hydrogen-bond acceptors (Lipinski definition) is 2. The van der Waals surface area contributed by atoms with Crippen molar-refractivity contribution in [2.75, 3.05) is 26.2 Å². The molecule has 1 aromatic rings. The minimum atomic E-state index is 0.131. The van der Waals surface area contributed by atoms with E-state index < -0.39 is 0 Å². The predicted molar refractivity (Wildman–Crippen MR) is 94.8 cm³/mol. The maximum Gasteiger partial charge on any atom is 0.253 e. The number of carbonyl (C=O) groups excluding carboxylic acids is 1. The van der Waals surface area contributed by atoms with E-state index in [0.29, 0.717) is 5.41 Å². The summed E-state index contributed by atoms with van der Waals surface area (Å²) in [4.78, 5) is 15.0. The molecule has 3 rings (SSSR count). The van der Waals surface area contributed by atoms with Gasteiger partial charge in [0.2, 0.25) is 0 Å². The van der Waals surface area contributed by atoms with Crippen LogP contribution in [0.1, 0.15) is 62.4 Å². The second-order valence-electron chi connectivity index (χ2n) is 8.41. The van der Waals surface area contributed by atoms with Crippen molar-refractivity contribution < 1.29 is 4.79 Å². The number of piperidine rings is 2. The van der Waals surface area contributed by atoms with Gasteiger partial charge in [0, 0.05) is 18.7 Å². The summed E-state index contributed by atoms with van der Waals surface area (Å²) in [5.74, 6) is 0.211. The number of hydrogen-bond donors (Lipinski definition) is 1. The Labute approximate surface area is 140 Å². The van der Waals surface area contributed by atoms with Crippen LogP contribution in [0.5, 0.6) is 0 Å². The molecule has 1 amide bonds. The van der Waals surface area contributed by atoms with Gasteiger partial charge in [0.25, 0.3) is 5.91 Å². The van der Waals surface area contributed by atoms with Crippen LogP contribution in [0, 0.1) is 5.41 Å². The molecule has 2 saturated heterocycles. The van der Waals surface area contributed by atoms with E-state index in [4.69, 9.17) is 0 Å². The number of benzene rings is 1. The van der Waals surface area contributed by atoms with Crippen LogP contribution in [0.2, 0.25) is 0 Å². The Morgan fingerprint density at radius 2 is 1.74 bits per heavy atom. The third kappa shape index (κ3) is 3.60. The molecule has 1 aromatic carbocycles. The summed E-state index contributed by atoms with van der Waals surface area (Å²) in [6.45, 7) is 10.7. The van der Waals surface area contributed by atoms with Gasteiger partial charge in [-0.05, 0) is 67.3 Å². The van der Waals surface area contributed by atoms with E-state index >= 15 is 0 Å². The minimum Gasteiger partial charge on any atom is -0.338 e. The molecule has 3 heteroatoms. The highest BCUT2D eigenvalue weighted by molar-refractivity contribution is 5.94. The summed E-state index contributed by atoms with van der Waals surface area (Å²) in [6.07, 6.45) is 4.84. The molecule has 1 spiro atoms. The SMILES string of the molecule is CC(C)(C)c1ccc(C(=O)N2CCCC3(CCNCC3)C2)cc1. The number of rotatable bonds is 1. The summed E-state index contributed by atoms with van der Waals surface area (Å²) in [5, 5.41) is 3.45. The van der Waals surface area contributed by atoms with Crippen LogP contribution in [0.15, 0.2) is 24.3 Å². The molecule has 2 heterocycles. The quantitative estimate of drug-likeness (QED) is 0.859. The van der Waals surface area contributed by atoms with E-state index in [0.717, 1.165) is 38.2 Å². The van der Waals surface area contributed by atoms with Gasteiger partial charge in [0.1, 0.15) is 0 Å². The van der Waals surface area contributed by atoms with Gasteiger partial charge in [0.15, 0.2) is 0 Å². The number of carbonyl (C=O) groups is 1. The zero-order chi connectivity index (χ0) is 16.5. The van der Waals surface area contributed by atoms with Crippen LogP contribution in [0.3, 0.4) is 0 Å². The lowest BCUT2D eigenvalue weighted by Crippen LogP contribution is -2.50. The summed E-state index contributed by atoms with van der Waals surface area (Å²) in [7, 11) is 0. The average molecular weight is 314 g/mol. The first-order chi connectivity index (χ1) is 10.9. The van der Waals surface area contributed by atoms with Crippen molar-refractivity contribution in [1.29, 1.82) is 0 Å². The van der Waals surface area contributed by atoms with Crippen LogP contribution in [-0.4, -0.2) is 37.0 Å². The van der Waals surface area contributed by atoms with Crippen LogP contribution >= 0.6 is 0 Å². The molecule has 0 unspecified atom stereocenters. The number of nitrogens with zero attached hydrogens (tertiary/aromatic N) is 1. The molecular formula is C20H30N2O. The summed E-state index contributed by atoms with van der Waals surface area (Å²) >= 11 is 0. The smallest absolute Gasteiger partial charge is 0.253 e. The van der Waals surface area contributed by atoms with Crippen molar-refractivity contribution in [3.8, 4) is 0 Å². The Hall–Kier alpha value is -1.35. The second kappa shape index (κ2) is 6.27. The van der Waals surface area contributed by atoms with Gasteiger partial charge in [-0.1, -0.05) is 32.9 Å². The zero-order valence-corrected chi connectivity index (χ0v) is 14.8. The second-order valence-corrected chi connectivity index (χ2v) is 8.41. The van der Waals surface area contributed by atoms with Crippen molar-refractivity contribution in [1.82, 2.24) is 10.2 Å². The van der Waals surface area contributed by atoms with E-state index in [1.54, 1.807) is 0 Å². The van der Waals surface area contributed by atoms with Crippen LogP contribution in [-0.2, 0) is 5.41 Å². The van der Waals surface area contributed by atoms with E-state index in [9.17, 15) is 4.79 Å². The Bertz CT molecular complexity index is 544. The molecule has 3 nitrogen and oxygen atoms in total. The lowest BCUT2D eigenvalue weighted by molar-refractivity contribution is 0.0411. The molecule has 0 radical (unpaired) electrons.